The highest BCUT2D eigenvalue weighted by atomic mass is 15.2. The van der Waals surface area contributed by atoms with Crippen molar-refractivity contribution in [2.45, 2.75) is 58.5 Å². The molecule has 1 aliphatic heterocycles. The average molecular weight is 408 g/mol. The van der Waals surface area contributed by atoms with Crippen LogP contribution in [0.2, 0.25) is 0 Å². The van der Waals surface area contributed by atoms with Crippen molar-refractivity contribution in [1.29, 1.82) is 0 Å². The maximum Gasteiger partial charge on any atom is 0.0885 e. The molecule has 1 saturated heterocycles. The van der Waals surface area contributed by atoms with E-state index in [1.807, 2.05) is 0 Å². The van der Waals surface area contributed by atoms with E-state index >= 15 is 0 Å². The first kappa shape index (κ1) is 22.3. The summed E-state index contributed by atoms with van der Waals surface area (Å²) in [5.74, 6) is 0. The van der Waals surface area contributed by atoms with Gasteiger partial charge >= 0.3 is 0 Å². The van der Waals surface area contributed by atoms with Gasteiger partial charge in [-0.05, 0) is 51.4 Å². The first-order valence-electron chi connectivity index (χ1n) is 11.4. The summed E-state index contributed by atoms with van der Waals surface area (Å²) in [6.07, 6.45) is 10.1. The minimum Gasteiger partial charge on any atom is -0.381 e. The minimum atomic E-state index is 0.436. The molecule has 2 heterocycles. The number of benzene rings is 1. The molecule has 2 unspecified atom stereocenters. The van der Waals surface area contributed by atoms with Gasteiger partial charge in [0.15, 0.2) is 0 Å². The molecule has 0 radical (unpaired) electrons. The van der Waals surface area contributed by atoms with Crippen molar-refractivity contribution in [3.8, 4) is 11.3 Å². The predicted octanol–water partition coefficient (Wildman–Crippen LogP) is 5.04. The third kappa shape index (κ3) is 6.05. The van der Waals surface area contributed by atoms with Crippen LogP contribution in [0.15, 0.2) is 55.1 Å². The highest BCUT2D eigenvalue weighted by Gasteiger charge is 2.26. The molecule has 5 heteroatoms. The van der Waals surface area contributed by atoms with Gasteiger partial charge in [0.25, 0.3) is 0 Å². The largest absolute Gasteiger partial charge is 0.381 e. The molecule has 1 aromatic heterocycles. The number of nitrogens with one attached hydrogen (secondary N) is 1. The van der Waals surface area contributed by atoms with Gasteiger partial charge in [0.2, 0.25) is 0 Å². The van der Waals surface area contributed by atoms with Crippen LogP contribution in [0.5, 0.6) is 0 Å². The van der Waals surface area contributed by atoms with Crippen molar-refractivity contribution in [2.75, 3.05) is 31.5 Å². The van der Waals surface area contributed by atoms with Gasteiger partial charge in [0, 0.05) is 54.5 Å². The quantitative estimate of drug-likeness (QED) is 0.597. The number of anilines is 1. The van der Waals surface area contributed by atoms with Crippen LogP contribution in [0.3, 0.4) is 0 Å². The molecular weight excluding hydrogens is 370 g/mol. The topological polar surface area (TPSA) is 44.3 Å². The summed E-state index contributed by atoms with van der Waals surface area (Å²) in [6.45, 7) is 15.5. The maximum atomic E-state index is 4.45. The fourth-order valence-corrected chi connectivity index (χ4v) is 4.17. The summed E-state index contributed by atoms with van der Waals surface area (Å²) in [5.41, 5.74) is 4.41. The molecule has 0 saturated carbocycles. The van der Waals surface area contributed by atoms with Crippen LogP contribution in [0.25, 0.3) is 11.3 Å². The van der Waals surface area contributed by atoms with E-state index in [0.717, 1.165) is 43.1 Å². The Morgan fingerprint density at radius 1 is 1.20 bits per heavy atom. The van der Waals surface area contributed by atoms with Gasteiger partial charge in [0.05, 0.1) is 11.9 Å². The van der Waals surface area contributed by atoms with Gasteiger partial charge < -0.3 is 10.2 Å². The van der Waals surface area contributed by atoms with Crippen molar-refractivity contribution in [3.63, 3.8) is 0 Å². The third-order valence-corrected chi connectivity index (χ3v) is 6.08. The first-order chi connectivity index (χ1) is 14.6. The highest BCUT2D eigenvalue weighted by Crippen LogP contribution is 2.25. The number of aromatic nitrogens is 2. The van der Waals surface area contributed by atoms with Crippen LogP contribution in [0, 0.1) is 0 Å². The van der Waals surface area contributed by atoms with E-state index in [2.05, 4.69) is 76.7 Å². The number of nitrogens with zero attached hydrogens (tertiary/aromatic N) is 4. The SMILES string of the molecule is C=C(CN(CC)CCCC)N1CC(Nc2ccc(-c3cnccn3)cc2)CCC1C. The number of rotatable bonds is 10. The van der Waals surface area contributed by atoms with Gasteiger partial charge in [-0.3, -0.25) is 14.9 Å². The standard InChI is InChI=1S/C25H37N5/c1-5-7-16-29(6-2)18-21(4)30-19-24(11-8-20(30)3)28-23-12-9-22(10-13-23)25-17-26-14-15-27-25/h9-10,12-15,17,20,24,28H,4-8,11,16,18-19H2,1-3H3. The fourth-order valence-electron chi connectivity index (χ4n) is 4.17. The Balaban J connectivity index is 1.57. The second kappa shape index (κ2) is 11.1. The predicted molar refractivity (Wildman–Crippen MR) is 126 cm³/mol. The summed E-state index contributed by atoms with van der Waals surface area (Å²) >= 11 is 0. The van der Waals surface area contributed by atoms with E-state index in [0.29, 0.717) is 12.1 Å². The Hall–Kier alpha value is -2.40. The van der Waals surface area contributed by atoms with Crippen LogP contribution in [-0.4, -0.2) is 58.0 Å². The van der Waals surface area contributed by atoms with E-state index in [-0.39, 0.29) is 0 Å². The van der Waals surface area contributed by atoms with Crippen molar-refractivity contribution in [1.82, 2.24) is 19.8 Å². The minimum absolute atomic E-state index is 0.436. The molecule has 0 spiro atoms. The molecule has 1 aromatic carbocycles. The second-order valence-corrected chi connectivity index (χ2v) is 8.38. The summed E-state index contributed by atoms with van der Waals surface area (Å²) < 4.78 is 0. The lowest BCUT2D eigenvalue weighted by atomic mass is 9.98. The van der Waals surface area contributed by atoms with Crippen molar-refractivity contribution in [2.24, 2.45) is 0 Å². The van der Waals surface area contributed by atoms with Crippen LogP contribution in [0.1, 0.15) is 46.5 Å². The summed E-state index contributed by atoms with van der Waals surface area (Å²) in [6, 6.07) is 9.50. The van der Waals surface area contributed by atoms with Crippen LogP contribution in [0.4, 0.5) is 5.69 Å². The van der Waals surface area contributed by atoms with Crippen molar-refractivity contribution < 1.29 is 0 Å². The smallest absolute Gasteiger partial charge is 0.0885 e. The maximum absolute atomic E-state index is 4.45. The highest BCUT2D eigenvalue weighted by molar-refractivity contribution is 5.61. The van der Waals surface area contributed by atoms with Gasteiger partial charge in [0.1, 0.15) is 0 Å². The molecule has 3 rings (SSSR count). The Morgan fingerprint density at radius 2 is 2.00 bits per heavy atom. The molecule has 0 bridgehead atoms. The summed E-state index contributed by atoms with van der Waals surface area (Å²) in [4.78, 5) is 13.6. The molecule has 162 valence electrons. The van der Waals surface area contributed by atoms with Crippen LogP contribution < -0.4 is 5.32 Å². The zero-order chi connectivity index (χ0) is 21.3. The van der Waals surface area contributed by atoms with Crippen LogP contribution in [-0.2, 0) is 0 Å². The molecule has 2 atom stereocenters. The molecule has 1 N–H and O–H groups in total. The fraction of sp³-hybridized carbons (Fsp3) is 0.520. The monoisotopic (exact) mass is 407 g/mol. The van der Waals surface area contributed by atoms with E-state index < -0.39 is 0 Å². The Labute approximate surface area is 182 Å². The lowest BCUT2D eigenvalue weighted by Crippen LogP contribution is -2.48. The van der Waals surface area contributed by atoms with E-state index in [9.17, 15) is 0 Å². The molecule has 0 aliphatic carbocycles. The van der Waals surface area contributed by atoms with Gasteiger partial charge in [-0.15, -0.1) is 0 Å². The summed E-state index contributed by atoms with van der Waals surface area (Å²) in [7, 11) is 0. The first-order valence-corrected chi connectivity index (χ1v) is 11.4. The normalized spacial score (nSPS) is 19.1. The zero-order valence-electron chi connectivity index (χ0n) is 18.8. The average Bonchev–Trinajstić information content (AvgIpc) is 2.79. The number of hydrogen-bond donors (Lipinski definition) is 1. The molecule has 2 aromatic rings. The Morgan fingerprint density at radius 3 is 2.67 bits per heavy atom. The van der Waals surface area contributed by atoms with E-state index in [1.54, 1.807) is 18.6 Å². The van der Waals surface area contributed by atoms with E-state index in [1.165, 1.54) is 31.4 Å². The Bertz CT molecular complexity index is 774. The molecule has 0 amide bonds. The van der Waals surface area contributed by atoms with Gasteiger partial charge in [-0.25, -0.2) is 0 Å². The van der Waals surface area contributed by atoms with Gasteiger partial charge in [-0.2, -0.15) is 0 Å². The third-order valence-electron chi connectivity index (χ3n) is 6.08. The lowest BCUT2D eigenvalue weighted by Gasteiger charge is -2.42. The van der Waals surface area contributed by atoms with E-state index in [4.69, 9.17) is 0 Å². The number of piperidine rings is 1. The lowest BCUT2D eigenvalue weighted by molar-refractivity contribution is 0.173. The second-order valence-electron chi connectivity index (χ2n) is 8.38. The molecular formula is C25H37N5. The molecule has 1 aliphatic rings. The number of likely N-dealkylation sites (tertiary alicyclic amines) is 1. The number of likely N-dealkylation sites (N-methyl/N-ethyl adjacent to an activating group) is 1. The molecule has 1 fully saturated rings. The molecule has 5 nitrogen and oxygen atoms in total. The van der Waals surface area contributed by atoms with Gasteiger partial charge in [-0.1, -0.05) is 39.0 Å². The van der Waals surface area contributed by atoms with Crippen molar-refractivity contribution >= 4 is 5.69 Å². The van der Waals surface area contributed by atoms with Crippen molar-refractivity contribution in [3.05, 3.63) is 55.1 Å². The number of unbranched alkanes of at least 4 members (excludes halogenated alkanes) is 1. The Kier molecular flexibility index (Phi) is 8.26. The zero-order valence-corrected chi connectivity index (χ0v) is 18.8. The molecule has 30 heavy (non-hydrogen) atoms. The summed E-state index contributed by atoms with van der Waals surface area (Å²) in [5, 5.41) is 3.73. The number of hydrogen-bond acceptors (Lipinski definition) is 5. The van der Waals surface area contributed by atoms with Crippen LogP contribution >= 0.6 is 0 Å².